The molecule has 1 fully saturated rings. The van der Waals surface area contributed by atoms with Crippen LogP contribution < -0.4 is 5.56 Å². The van der Waals surface area contributed by atoms with Crippen molar-refractivity contribution in [2.24, 2.45) is 0 Å². The highest BCUT2D eigenvalue weighted by molar-refractivity contribution is 6.30. The van der Waals surface area contributed by atoms with E-state index >= 15 is 0 Å². The van der Waals surface area contributed by atoms with Crippen LogP contribution in [0.4, 0.5) is 0 Å². The molecule has 2 aromatic heterocycles. The molecule has 26 heavy (non-hydrogen) atoms. The molecule has 0 amide bonds. The van der Waals surface area contributed by atoms with Crippen molar-refractivity contribution in [3.63, 3.8) is 0 Å². The minimum Gasteiger partial charge on any atom is -0.379 e. The summed E-state index contributed by atoms with van der Waals surface area (Å²) in [6, 6.07) is 7.19. The number of halogens is 1. The molecule has 7 nitrogen and oxygen atoms in total. The zero-order valence-corrected chi connectivity index (χ0v) is 15.4. The lowest BCUT2D eigenvalue weighted by molar-refractivity contribution is 0.0330. The van der Waals surface area contributed by atoms with E-state index in [-0.39, 0.29) is 5.56 Å². The molecule has 0 radical (unpaired) electrons. The highest BCUT2D eigenvalue weighted by Gasteiger charge is 2.14. The Labute approximate surface area is 157 Å². The first-order valence-corrected chi connectivity index (χ1v) is 9.11. The summed E-state index contributed by atoms with van der Waals surface area (Å²) in [7, 11) is 0. The third kappa shape index (κ3) is 5.02. The fourth-order valence-corrected chi connectivity index (χ4v) is 3.18. The molecule has 138 valence electrons. The summed E-state index contributed by atoms with van der Waals surface area (Å²) >= 11 is 5.95. The van der Waals surface area contributed by atoms with E-state index in [0.29, 0.717) is 35.9 Å². The third-order valence-electron chi connectivity index (χ3n) is 4.44. The number of rotatable bonds is 7. The van der Waals surface area contributed by atoms with Gasteiger partial charge in [0.1, 0.15) is 5.65 Å². The van der Waals surface area contributed by atoms with Gasteiger partial charge in [-0.3, -0.25) is 19.0 Å². The van der Waals surface area contributed by atoms with Crippen LogP contribution in [0.2, 0.25) is 5.02 Å². The molecular weight excluding hydrogens is 354 g/mol. The molecule has 0 aromatic carbocycles. The number of pyridine rings is 1. The molecule has 1 aliphatic heterocycles. The second kappa shape index (κ2) is 9.10. The van der Waals surface area contributed by atoms with Crippen LogP contribution in [0.25, 0.3) is 5.65 Å². The predicted molar refractivity (Wildman–Crippen MR) is 99.2 cm³/mol. The third-order valence-corrected chi connectivity index (χ3v) is 4.66. The second-order valence-corrected chi connectivity index (χ2v) is 6.74. The van der Waals surface area contributed by atoms with Crippen molar-refractivity contribution in [1.82, 2.24) is 19.2 Å². The summed E-state index contributed by atoms with van der Waals surface area (Å²) in [4.78, 5) is 21.4. The van der Waals surface area contributed by atoms with Gasteiger partial charge in [0.25, 0.3) is 5.56 Å². The number of morpholine rings is 1. The second-order valence-electron chi connectivity index (χ2n) is 6.30. The van der Waals surface area contributed by atoms with E-state index in [4.69, 9.17) is 21.6 Å². The van der Waals surface area contributed by atoms with Gasteiger partial charge in [-0.25, -0.2) is 4.98 Å². The number of ether oxygens (including phenoxy) is 1. The SMILES string of the molecule is N#CCCN(CCN1CCOCC1)Cc1cc(=O)n2cc(Cl)ccc2n1. The van der Waals surface area contributed by atoms with Crippen molar-refractivity contribution in [2.45, 2.75) is 13.0 Å². The number of aromatic nitrogens is 2. The average Bonchev–Trinajstić information content (AvgIpc) is 2.65. The lowest BCUT2D eigenvalue weighted by Gasteiger charge is -2.29. The molecule has 0 spiro atoms. The summed E-state index contributed by atoms with van der Waals surface area (Å²) in [6.45, 7) is 6.33. The van der Waals surface area contributed by atoms with Gasteiger partial charge in [-0.15, -0.1) is 0 Å². The van der Waals surface area contributed by atoms with E-state index in [1.807, 2.05) is 0 Å². The quantitative estimate of drug-likeness (QED) is 0.728. The van der Waals surface area contributed by atoms with E-state index in [2.05, 4.69) is 20.9 Å². The summed E-state index contributed by atoms with van der Waals surface area (Å²) in [5.41, 5.74) is 1.13. The lowest BCUT2D eigenvalue weighted by atomic mass is 10.3. The number of fused-ring (bicyclic) bond motifs is 1. The fourth-order valence-electron chi connectivity index (χ4n) is 3.02. The first-order chi connectivity index (χ1) is 12.7. The zero-order chi connectivity index (χ0) is 18.4. The van der Waals surface area contributed by atoms with Crippen LogP contribution >= 0.6 is 11.6 Å². The largest absolute Gasteiger partial charge is 0.379 e. The fraction of sp³-hybridized carbons (Fsp3) is 0.500. The van der Waals surface area contributed by atoms with Crippen LogP contribution in [0.1, 0.15) is 12.1 Å². The van der Waals surface area contributed by atoms with Gasteiger partial charge in [-0.2, -0.15) is 5.26 Å². The van der Waals surface area contributed by atoms with E-state index in [1.54, 1.807) is 18.3 Å². The van der Waals surface area contributed by atoms with Gasteiger partial charge in [0.05, 0.1) is 30.0 Å². The van der Waals surface area contributed by atoms with Crippen molar-refractivity contribution in [3.05, 3.63) is 45.5 Å². The predicted octanol–water partition coefficient (Wildman–Crippen LogP) is 1.40. The van der Waals surface area contributed by atoms with Gasteiger partial charge in [0.15, 0.2) is 0 Å². The van der Waals surface area contributed by atoms with E-state index < -0.39 is 0 Å². The van der Waals surface area contributed by atoms with Crippen molar-refractivity contribution in [2.75, 3.05) is 45.9 Å². The smallest absolute Gasteiger partial charge is 0.258 e. The van der Waals surface area contributed by atoms with E-state index in [1.165, 1.54) is 10.5 Å². The first-order valence-electron chi connectivity index (χ1n) is 8.73. The number of hydrogen-bond donors (Lipinski definition) is 0. The Morgan fingerprint density at radius 3 is 2.88 bits per heavy atom. The van der Waals surface area contributed by atoms with Crippen molar-refractivity contribution >= 4 is 17.2 Å². The molecule has 0 atom stereocenters. The van der Waals surface area contributed by atoms with Crippen LogP contribution in [-0.4, -0.2) is 65.1 Å². The molecule has 0 saturated carbocycles. The summed E-state index contributed by atoms with van der Waals surface area (Å²) in [5.74, 6) is 0. The minimum absolute atomic E-state index is 0.152. The van der Waals surface area contributed by atoms with E-state index in [9.17, 15) is 4.79 Å². The zero-order valence-electron chi connectivity index (χ0n) is 14.6. The van der Waals surface area contributed by atoms with Crippen LogP contribution in [0.3, 0.4) is 0 Å². The molecule has 3 heterocycles. The molecule has 3 rings (SSSR count). The number of nitriles is 1. The Morgan fingerprint density at radius 2 is 2.12 bits per heavy atom. The number of hydrogen-bond acceptors (Lipinski definition) is 6. The molecule has 1 saturated heterocycles. The Kier molecular flexibility index (Phi) is 6.58. The van der Waals surface area contributed by atoms with Crippen molar-refractivity contribution in [3.8, 4) is 6.07 Å². The Balaban J connectivity index is 1.71. The molecule has 0 bridgehead atoms. The normalized spacial score (nSPS) is 15.4. The van der Waals surface area contributed by atoms with Gasteiger partial charge < -0.3 is 4.74 Å². The molecule has 0 N–H and O–H groups in total. The first kappa shape index (κ1) is 18.8. The monoisotopic (exact) mass is 375 g/mol. The van der Waals surface area contributed by atoms with Crippen LogP contribution in [0.15, 0.2) is 29.2 Å². The van der Waals surface area contributed by atoms with Crippen molar-refractivity contribution in [1.29, 1.82) is 5.26 Å². The topological polar surface area (TPSA) is 73.9 Å². The van der Waals surface area contributed by atoms with Crippen LogP contribution in [-0.2, 0) is 11.3 Å². The van der Waals surface area contributed by atoms with Gasteiger partial charge in [0, 0.05) is 58.0 Å². The summed E-state index contributed by atoms with van der Waals surface area (Å²) < 4.78 is 6.82. The maximum Gasteiger partial charge on any atom is 0.258 e. The Morgan fingerprint density at radius 1 is 1.31 bits per heavy atom. The molecule has 1 aliphatic rings. The average molecular weight is 376 g/mol. The minimum atomic E-state index is -0.152. The van der Waals surface area contributed by atoms with Crippen LogP contribution in [0, 0.1) is 11.3 Å². The lowest BCUT2D eigenvalue weighted by Crippen LogP contribution is -2.41. The molecule has 8 heteroatoms. The van der Waals surface area contributed by atoms with Crippen molar-refractivity contribution < 1.29 is 4.74 Å². The standard InChI is InChI=1S/C18H22ClN5O2/c19-15-2-3-17-21-16(12-18(25)24(17)13-15)14-23(5-1-4-20)7-6-22-8-10-26-11-9-22/h2-3,12-13H,1,5-11,14H2. The van der Waals surface area contributed by atoms with E-state index in [0.717, 1.165) is 39.4 Å². The summed E-state index contributed by atoms with van der Waals surface area (Å²) in [6.07, 6.45) is 2.02. The molecule has 0 aliphatic carbocycles. The van der Waals surface area contributed by atoms with Gasteiger partial charge in [-0.05, 0) is 12.1 Å². The molecule has 0 unspecified atom stereocenters. The van der Waals surface area contributed by atoms with Crippen LogP contribution in [0.5, 0.6) is 0 Å². The Hall–Kier alpha value is -1.98. The maximum atomic E-state index is 12.3. The van der Waals surface area contributed by atoms with Gasteiger partial charge >= 0.3 is 0 Å². The highest BCUT2D eigenvalue weighted by Crippen LogP contribution is 2.10. The number of nitrogens with zero attached hydrogens (tertiary/aromatic N) is 5. The molecular formula is C18H22ClN5O2. The maximum absolute atomic E-state index is 12.3. The molecule has 2 aromatic rings. The van der Waals surface area contributed by atoms with Gasteiger partial charge in [0.2, 0.25) is 0 Å². The Bertz CT molecular complexity index is 842. The summed E-state index contributed by atoms with van der Waals surface area (Å²) in [5, 5.41) is 9.42. The highest BCUT2D eigenvalue weighted by atomic mass is 35.5. The van der Waals surface area contributed by atoms with Gasteiger partial charge in [-0.1, -0.05) is 11.6 Å².